The number of aliphatic imine (C=N–C) groups is 1. The summed E-state index contributed by atoms with van der Waals surface area (Å²) in [5.74, 6) is -12.5. The lowest BCUT2D eigenvalue weighted by Gasteiger charge is -2.27. The third kappa shape index (κ3) is 27.5. The van der Waals surface area contributed by atoms with Gasteiger partial charge in [-0.15, -0.1) is 0 Å². The summed E-state index contributed by atoms with van der Waals surface area (Å²) in [7, 11) is 0. The van der Waals surface area contributed by atoms with Gasteiger partial charge in [-0.25, -0.2) is 0 Å². The number of aliphatic hydroxyl groups excluding tert-OH is 3. The minimum Gasteiger partial charge on any atom is -0.480 e. The molecule has 0 aromatic heterocycles. The Kier molecular flexibility index (Phi) is 31.9. The number of guanidine groups is 1. The Morgan fingerprint density at radius 1 is 0.548 bits per heavy atom. The van der Waals surface area contributed by atoms with Crippen LogP contribution in [0.15, 0.2) is 4.99 Å². The fourth-order valence-electron chi connectivity index (χ4n) is 5.94. The number of aliphatic carboxylic acids is 1. The largest absolute Gasteiger partial charge is 0.480 e. The summed E-state index contributed by atoms with van der Waals surface area (Å²) >= 11 is 3.92. The molecule has 0 rings (SSSR count). The fraction of sp³-hybridized carbons (Fsp3) is 0.675. The summed E-state index contributed by atoms with van der Waals surface area (Å²) in [4.78, 5) is 155. The van der Waals surface area contributed by atoms with Crippen LogP contribution in [0, 0.1) is 0 Å². The summed E-state index contributed by atoms with van der Waals surface area (Å²) < 4.78 is 0. The van der Waals surface area contributed by atoms with Gasteiger partial charge in [0, 0.05) is 18.7 Å². The zero-order valence-corrected chi connectivity index (χ0v) is 41.5. The van der Waals surface area contributed by atoms with Crippen molar-refractivity contribution >= 4 is 89.5 Å². The molecule has 0 fully saturated rings. The predicted molar refractivity (Wildman–Crippen MR) is 259 cm³/mol. The molecule has 33 heteroatoms. The molecule has 73 heavy (non-hydrogen) atoms. The number of amides is 11. The number of primary amides is 1. The van der Waals surface area contributed by atoms with Crippen molar-refractivity contribution in [2.24, 2.45) is 33.7 Å². The molecule has 24 N–H and O–H groups in total. The SMILES string of the molecule is C[C@H](NC(=O)[C@@H](NC(=O)[C@@H](N)CCC(N)=O)[C@@H](C)O)C(=O)N[C@@H](CCCN=C(N)N)C(=O)N[C@@H](CCCCN)C(=O)N[C@@H](CO)C(=O)N[C@H](C(=O)NCC(=O)NCC(=O)N[C@@H](CS)C(=O)NCC(=O)O)[C@@H](C)O. The molecular weight excluding hydrogens is 993 g/mol. The van der Waals surface area contributed by atoms with E-state index in [1.54, 1.807) is 0 Å². The molecule has 0 aliphatic carbocycles. The van der Waals surface area contributed by atoms with Crippen molar-refractivity contribution in [1.82, 2.24) is 53.2 Å². The molecule has 0 aromatic rings. The van der Waals surface area contributed by atoms with Crippen LogP contribution in [0.5, 0.6) is 0 Å². The average Bonchev–Trinajstić information content (AvgIpc) is 3.32. The molecule has 0 spiro atoms. The van der Waals surface area contributed by atoms with E-state index in [4.69, 9.17) is 33.8 Å². The maximum Gasteiger partial charge on any atom is 0.322 e. The monoisotopic (exact) mass is 1060 g/mol. The van der Waals surface area contributed by atoms with Gasteiger partial charge in [-0.1, -0.05) is 0 Å². The summed E-state index contributed by atoms with van der Waals surface area (Å²) in [6.45, 7) is 0.346. The number of carboxylic acid groups (broad SMARTS) is 1. The quantitative estimate of drug-likeness (QED) is 0.0120. The van der Waals surface area contributed by atoms with Gasteiger partial charge >= 0.3 is 5.97 Å². The highest BCUT2D eigenvalue weighted by atomic mass is 32.1. The number of aliphatic hydroxyl groups is 3. The first kappa shape index (κ1) is 66.1. The Morgan fingerprint density at radius 3 is 1.58 bits per heavy atom. The van der Waals surface area contributed by atoms with Crippen LogP contribution in [0.3, 0.4) is 0 Å². The number of unbranched alkanes of at least 4 members (excludes halogenated alkanes) is 1. The second-order valence-corrected chi connectivity index (χ2v) is 16.7. The molecule has 414 valence electrons. The Hall–Kier alpha value is -6.94. The van der Waals surface area contributed by atoms with Gasteiger partial charge in [0.2, 0.25) is 65.0 Å². The van der Waals surface area contributed by atoms with Crippen LogP contribution in [0.25, 0.3) is 0 Å². The van der Waals surface area contributed by atoms with Crippen molar-refractivity contribution in [2.45, 2.75) is 126 Å². The third-order valence-electron chi connectivity index (χ3n) is 10.0. The highest BCUT2D eigenvalue weighted by Gasteiger charge is 2.34. The molecule has 0 unspecified atom stereocenters. The number of thiol groups is 1. The summed E-state index contributed by atoms with van der Waals surface area (Å²) in [6.07, 6.45) is -3.13. The molecular formula is C40H72N16O16S. The van der Waals surface area contributed by atoms with E-state index in [-0.39, 0.29) is 63.3 Å². The predicted octanol–water partition coefficient (Wildman–Crippen LogP) is -10.7. The number of carbonyl (C=O) groups excluding carboxylic acids is 11. The van der Waals surface area contributed by atoms with E-state index in [1.165, 1.54) is 13.8 Å². The highest BCUT2D eigenvalue weighted by molar-refractivity contribution is 7.80. The lowest BCUT2D eigenvalue weighted by atomic mass is 10.0. The van der Waals surface area contributed by atoms with Gasteiger partial charge in [-0.05, 0) is 65.8 Å². The van der Waals surface area contributed by atoms with Gasteiger partial charge in [-0.2, -0.15) is 12.6 Å². The highest BCUT2D eigenvalue weighted by Crippen LogP contribution is 2.07. The Morgan fingerprint density at radius 2 is 1.05 bits per heavy atom. The first-order chi connectivity index (χ1) is 34.2. The summed E-state index contributed by atoms with van der Waals surface area (Å²) in [5, 5.41) is 61.9. The Labute approximate surface area is 424 Å². The van der Waals surface area contributed by atoms with Crippen LogP contribution in [0.1, 0.15) is 65.7 Å². The van der Waals surface area contributed by atoms with Gasteiger partial charge < -0.3 is 102 Å². The third-order valence-corrected chi connectivity index (χ3v) is 10.4. The first-order valence-corrected chi connectivity index (χ1v) is 23.3. The number of carbonyl (C=O) groups is 12. The van der Waals surface area contributed by atoms with E-state index in [0.29, 0.717) is 6.42 Å². The molecule has 0 aromatic carbocycles. The Balaban J connectivity index is 6.01. The van der Waals surface area contributed by atoms with Crippen LogP contribution in [-0.2, 0) is 57.5 Å². The average molecular weight is 1070 g/mol. The maximum atomic E-state index is 13.9. The zero-order chi connectivity index (χ0) is 56.0. The van der Waals surface area contributed by atoms with Crippen molar-refractivity contribution in [2.75, 3.05) is 45.1 Å². The molecule has 10 atom stereocenters. The van der Waals surface area contributed by atoms with Gasteiger partial charge in [-0.3, -0.25) is 62.5 Å². The molecule has 0 radical (unpaired) electrons. The lowest BCUT2D eigenvalue weighted by molar-refractivity contribution is -0.138. The molecule has 0 heterocycles. The normalized spacial score (nSPS) is 14.9. The maximum absolute atomic E-state index is 13.9. The van der Waals surface area contributed by atoms with Gasteiger partial charge in [0.1, 0.15) is 48.8 Å². The number of nitrogens with two attached hydrogens (primary N) is 5. The lowest BCUT2D eigenvalue weighted by Crippen LogP contribution is -2.61. The smallest absolute Gasteiger partial charge is 0.322 e. The molecule has 32 nitrogen and oxygen atoms in total. The second kappa shape index (κ2) is 35.2. The van der Waals surface area contributed by atoms with Crippen LogP contribution < -0.4 is 81.8 Å². The second-order valence-electron chi connectivity index (χ2n) is 16.3. The van der Waals surface area contributed by atoms with E-state index in [2.05, 4.69) is 70.8 Å². The minimum atomic E-state index is -1.81. The van der Waals surface area contributed by atoms with Crippen molar-refractivity contribution in [1.29, 1.82) is 0 Å². The number of rotatable bonds is 36. The minimum absolute atomic E-state index is 0.0176. The summed E-state index contributed by atoms with van der Waals surface area (Å²) in [5.41, 5.74) is 27.3. The van der Waals surface area contributed by atoms with Crippen LogP contribution in [0.4, 0.5) is 0 Å². The fourth-order valence-corrected chi connectivity index (χ4v) is 6.19. The Bertz CT molecular complexity index is 1940. The van der Waals surface area contributed by atoms with E-state index in [1.807, 2.05) is 0 Å². The standard InChI is InChI=1S/C40H72N16O16S/c1-18(50-39(72)31(20(3)59)55-33(66)21(42)9-10-26(43)60)32(65)52-23(8-6-12-46-40(44)45)35(68)53-22(7-4-5-11-41)36(69)54-24(16-57)37(70)56-30(19(2)58)38(71)48-13-27(61)47-14-28(62)51-25(17-73)34(67)49-15-29(63)64/h18-25,30-31,57-59,73H,4-17,41-42H2,1-3H3,(H2,43,60)(H,47,61)(H,48,71)(H,49,67)(H,50,72)(H,51,62)(H,52,65)(H,53,68)(H,54,69)(H,55,66)(H,56,70)(H,63,64)(H4,44,45,46)/t18-,19+,20+,21-,22-,23-,24-,25-,30-,31-/m0/s1. The first-order valence-electron chi connectivity index (χ1n) is 22.7. The topological polar surface area (TPSA) is 549 Å². The molecule has 0 saturated carbocycles. The molecule has 0 aliphatic heterocycles. The van der Waals surface area contributed by atoms with Crippen LogP contribution >= 0.6 is 12.6 Å². The number of carboxylic acids is 1. The van der Waals surface area contributed by atoms with Gasteiger partial charge in [0.05, 0.1) is 37.9 Å². The van der Waals surface area contributed by atoms with Crippen LogP contribution in [0.2, 0.25) is 0 Å². The van der Waals surface area contributed by atoms with E-state index >= 15 is 0 Å². The van der Waals surface area contributed by atoms with Crippen molar-refractivity contribution < 1.29 is 78.0 Å². The molecule has 11 amide bonds. The van der Waals surface area contributed by atoms with Crippen molar-refractivity contribution in [3.8, 4) is 0 Å². The molecule has 0 saturated heterocycles. The zero-order valence-electron chi connectivity index (χ0n) is 40.6. The summed E-state index contributed by atoms with van der Waals surface area (Å²) in [6, 6.07) is -12.1. The van der Waals surface area contributed by atoms with E-state index < -0.39 is 158 Å². The number of nitrogens with zero attached hydrogens (tertiary/aromatic N) is 1. The van der Waals surface area contributed by atoms with E-state index in [9.17, 15) is 72.9 Å². The van der Waals surface area contributed by atoms with E-state index in [0.717, 1.165) is 6.92 Å². The van der Waals surface area contributed by atoms with Crippen LogP contribution in [-0.4, -0.2) is 203 Å². The number of hydrogen-bond acceptors (Lipinski definition) is 19. The number of hydrogen-bond donors (Lipinski definition) is 20. The van der Waals surface area contributed by atoms with Crippen molar-refractivity contribution in [3.63, 3.8) is 0 Å². The van der Waals surface area contributed by atoms with Crippen molar-refractivity contribution in [3.05, 3.63) is 0 Å². The molecule has 0 bridgehead atoms. The molecule has 0 aliphatic rings. The van der Waals surface area contributed by atoms with Gasteiger partial charge in [0.15, 0.2) is 5.96 Å². The van der Waals surface area contributed by atoms with Gasteiger partial charge in [0.25, 0.3) is 0 Å². The number of nitrogens with one attached hydrogen (secondary N) is 10.